The number of fused-ring (bicyclic) bond motifs is 1. The van der Waals surface area contributed by atoms with Gasteiger partial charge in [0.05, 0.1) is 5.66 Å². The van der Waals surface area contributed by atoms with E-state index in [-0.39, 0.29) is 6.42 Å². The van der Waals surface area contributed by atoms with E-state index in [9.17, 15) is 9.36 Å². The van der Waals surface area contributed by atoms with Gasteiger partial charge in [-0.05, 0) is 16.3 Å². The molecule has 0 unspecified atom stereocenters. The molecule has 2 nitrogen and oxygen atoms in total. The zero-order valence-corrected chi connectivity index (χ0v) is 16.3. The van der Waals surface area contributed by atoms with Gasteiger partial charge in [-0.15, -0.1) is 0 Å². The van der Waals surface area contributed by atoms with Crippen molar-refractivity contribution in [3.8, 4) is 0 Å². The smallest absolute Gasteiger partial charge is 0.150 e. The lowest BCUT2D eigenvalue weighted by molar-refractivity contribution is -0.107. The molecule has 0 saturated carbocycles. The van der Waals surface area contributed by atoms with Crippen molar-refractivity contribution in [1.29, 1.82) is 0 Å². The van der Waals surface area contributed by atoms with Crippen LogP contribution in [0.25, 0.3) is 10.8 Å². The molecule has 1 atom stereocenters. The van der Waals surface area contributed by atoms with Gasteiger partial charge in [0.1, 0.15) is 6.29 Å². The van der Waals surface area contributed by atoms with Crippen LogP contribution in [0.5, 0.6) is 0 Å². The Morgan fingerprint density at radius 2 is 1.21 bits per heavy atom. The Bertz CT molecular complexity index is 1090. The molecule has 4 aromatic carbocycles. The molecule has 0 aromatic heterocycles. The summed E-state index contributed by atoms with van der Waals surface area (Å²) in [5, 5.41) is 3.77. The van der Waals surface area contributed by atoms with Crippen LogP contribution in [0.1, 0.15) is 17.6 Å². The number of carbonyl (C=O) groups excluding carboxylic acids is 1. The van der Waals surface area contributed by atoms with E-state index in [0.29, 0.717) is 0 Å². The largest absolute Gasteiger partial charge is 0.313 e. The van der Waals surface area contributed by atoms with E-state index in [0.717, 1.165) is 33.2 Å². The fourth-order valence-corrected chi connectivity index (χ4v) is 7.02. The zero-order valence-electron chi connectivity index (χ0n) is 15.4. The fourth-order valence-electron chi connectivity index (χ4n) is 3.81. The third-order valence-electron chi connectivity index (χ3n) is 5.20. The summed E-state index contributed by atoms with van der Waals surface area (Å²) in [4.78, 5) is 11.6. The number of hydrogen-bond acceptors (Lipinski definition) is 2. The number of aldehydes is 1. The first-order chi connectivity index (χ1) is 13.7. The van der Waals surface area contributed by atoms with Crippen molar-refractivity contribution in [2.75, 3.05) is 0 Å². The van der Waals surface area contributed by atoms with E-state index in [1.807, 2.05) is 91.0 Å². The number of carbonyl (C=O) groups is 1. The summed E-state index contributed by atoms with van der Waals surface area (Å²) >= 11 is 0. The van der Waals surface area contributed by atoms with Crippen molar-refractivity contribution in [3.05, 3.63) is 109 Å². The zero-order chi connectivity index (χ0) is 19.4. The first-order valence-electron chi connectivity index (χ1n) is 9.37. The lowest BCUT2D eigenvalue weighted by atomic mass is 10.0. The molecule has 0 aliphatic heterocycles. The highest BCUT2D eigenvalue weighted by Crippen LogP contribution is 2.58. The lowest BCUT2D eigenvalue weighted by Crippen LogP contribution is -2.21. The minimum absolute atomic E-state index is 0.208. The maximum absolute atomic E-state index is 14.7. The van der Waals surface area contributed by atoms with Crippen LogP contribution in [0.3, 0.4) is 0 Å². The molecule has 0 fully saturated rings. The van der Waals surface area contributed by atoms with Gasteiger partial charge in [-0.3, -0.25) is 0 Å². The van der Waals surface area contributed by atoms with Gasteiger partial charge in [0.15, 0.2) is 7.14 Å². The molecule has 0 heterocycles. The van der Waals surface area contributed by atoms with Gasteiger partial charge in [-0.1, -0.05) is 103 Å². The predicted octanol–water partition coefficient (Wildman–Crippen LogP) is 5.48. The normalized spacial score (nSPS) is 12.6. The van der Waals surface area contributed by atoms with Crippen LogP contribution in [0.2, 0.25) is 0 Å². The topological polar surface area (TPSA) is 34.1 Å². The van der Waals surface area contributed by atoms with Crippen LogP contribution in [-0.4, -0.2) is 6.29 Å². The molecule has 0 aliphatic rings. The van der Waals surface area contributed by atoms with Gasteiger partial charge in [0.25, 0.3) is 0 Å². The van der Waals surface area contributed by atoms with Gasteiger partial charge in [-0.25, -0.2) is 0 Å². The predicted molar refractivity (Wildman–Crippen MR) is 117 cm³/mol. The van der Waals surface area contributed by atoms with Crippen LogP contribution in [0.4, 0.5) is 0 Å². The van der Waals surface area contributed by atoms with Crippen molar-refractivity contribution in [2.24, 2.45) is 0 Å². The minimum Gasteiger partial charge on any atom is -0.313 e. The molecule has 0 saturated heterocycles. The van der Waals surface area contributed by atoms with Crippen molar-refractivity contribution in [1.82, 2.24) is 0 Å². The van der Waals surface area contributed by atoms with Gasteiger partial charge >= 0.3 is 0 Å². The van der Waals surface area contributed by atoms with Gasteiger partial charge in [-0.2, -0.15) is 0 Å². The molecule has 0 radical (unpaired) electrons. The fraction of sp³-hybridized carbons (Fsp3) is 0.0800. The van der Waals surface area contributed by atoms with Crippen molar-refractivity contribution in [3.63, 3.8) is 0 Å². The molecular formula is C25H21O2P. The van der Waals surface area contributed by atoms with E-state index in [4.69, 9.17) is 0 Å². The molecule has 0 N–H and O–H groups in total. The summed E-state index contributed by atoms with van der Waals surface area (Å²) in [6, 6.07) is 33.3. The Labute approximate surface area is 165 Å². The number of hydrogen-bond donors (Lipinski definition) is 0. The third-order valence-corrected chi connectivity index (χ3v) is 8.71. The number of rotatable bonds is 6. The average Bonchev–Trinajstić information content (AvgIpc) is 2.78. The van der Waals surface area contributed by atoms with E-state index >= 15 is 0 Å². The first-order valence-corrected chi connectivity index (χ1v) is 11.1. The van der Waals surface area contributed by atoms with E-state index < -0.39 is 12.8 Å². The maximum atomic E-state index is 14.7. The Hall–Kier alpha value is -2.96. The molecule has 4 aromatic rings. The molecule has 0 aliphatic carbocycles. The highest BCUT2D eigenvalue weighted by atomic mass is 31.2. The molecule has 138 valence electrons. The SMILES string of the molecule is O=CC[C@@H](c1ccc2ccccc2c1)P(=O)(c1ccccc1)c1ccccc1. The maximum Gasteiger partial charge on any atom is 0.150 e. The van der Waals surface area contributed by atoms with E-state index in [2.05, 4.69) is 12.1 Å². The molecule has 28 heavy (non-hydrogen) atoms. The summed E-state index contributed by atoms with van der Waals surface area (Å²) in [5.41, 5.74) is 0.529. The summed E-state index contributed by atoms with van der Waals surface area (Å²) in [5.74, 6) is 0. The summed E-state index contributed by atoms with van der Waals surface area (Å²) < 4.78 is 14.7. The monoisotopic (exact) mass is 384 g/mol. The quantitative estimate of drug-likeness (QED) is 0.326. The van der Waals surface area contributed by atoms with Crippen molar-refractivity contribution in [2.45, 2.75) is 12.1 Å². The second-order valence-electron chi connectivity index (χ2n) is 6.85. The van der Waals surface area contributed by atoms with Crippen LogP contribution in [0.15, 0.2) is 103 Å². The van der Waals surface area contributed by atoms with Crippen molar-refractivity contribution < 1.29 is 9.36 Å². The summed E-state index contributed by atoms with van der Waals surface area (Å²) in [7, 11) is -3.08. The van der Waals surface area contributed by atoms with Crippen molar-refractivity contribution >= 4 is 34.8 Å². The van der Waals surface area contributed by atoms with Crippen LogP contribution < -0.4 is 10.6 Å². The highest BCUT2D eigenvalue weighted by Gasteiger charge is 2.37. The second-order valence-corrected chi connectivity index (χ2v) is 9.83. The Kier molecular flexibility index (Phi) is 5.23. The summed E-state index contributed by atoms with van der Waals surface area (Å²) in [6.07, 6.45) is 1.10. The molecule has 3 heteroatoms. The standard InChI is InChI=1S/C25H21O2P/c26-18-17-25(22-16-15-20-9-7-8-10-21(20)19-22)28(27,23-11-3-1-4-12-23)24-13-5-2-6-14-24/h1-16,18-19,25H,17H2/t25-/m0/s1. The highest BCUT2D eigenvalue weighted by molar-refractivity contribution is 7.79. The van der Waals surface area contributed by atoms with Gasteiger partial charge in [0.2, 0.25) is 0 Å². The first kappa shape index (κ1) is 18.4. The average molecular weight is 384 g/mol. The Morgan fingerprint density at radius 3 is 1.79 bits per heavy atom. The van der Waals surface area contributed by atoms with Gasteiger partial charge < -0.3 is 9.36 Å². The minimum atomic E-state index is -3.08. The van der Waals surface area contributed by atoms with Gasteiger partial charge in [0, 0.05) is 17.0 Å². The molecule has 0 spiro atoms. The van der Waals surface area contributed by atoms with E-state index in [1.54, 1.807) is 0 Å². The van der Waals surface area contributed by atoms with E-state index in [1.165, 1.54) is 0 Å². The molecule has 4 rings (SSSR count). The second kappa shape index (κ2) is 7.96. The van der Waals surface area contributed by atoms with Crippen LogP contribution >= 0.6 is 7.14 Å². The van der Waals surface area contributed by atoms with Crippen LogP contribution in [0, 0.1) is 0 Å². The lowest BCUT2D eigenvalue weighted by Gasteiger charge is -2.28. The summed E-state index contributed by atoms with van der Waals surface area (Å²) in [6.45, 7) is 0. The number of benzene rings is 4. The third kappa shape index (κ3) is 3.32. The Morgan fingerprint density at radius 1 is 0.679 bits per heavy atom. The molecule has 0 amide bonds. The Balaban J connectivity index is 1.95. The molecule has 0 bridgehead atoms. The van der Waals surface area contributed by atoms with Crippen LogP contribution in [-0.2, 0) is 9.36 Å². The molecular weight excluding hydrogens is 363 g/mol.